The molecule has 2 aliphatic rings. The Labute approximate surface area is 130 Å². The monoisotopic (exact) mass is 294 g/mol. The van der Waals surface area contributed by atoms with Crippen LogP contribution in [-0.2, 0) is 4.79 Å². The molecule has 122 valence electrons. The molecule has 3 heteroatoms. The number of nitrogens with two attached hydrogens (primary N) is 1. The maximum Gasteiger partial charge on any atom is 0.223 e. The van der Waals surface area contributed by atoms with Gasteiger partial charge in [-0.05, 0) is 49.0 Å². The van der Waals surface area contributed by atoms with Crippen LogP contribution in [0, 0.1) is 16.7 Å². The van der Waals surface area contributed by atoms with Crippen molar-refractivity contribution in [3.8, 4) is 0 Å². The highest BCUT2D eigenvalue weighted by Crippen LogP contribution is 2.40. The van der Waals surface area contributed by atoms with Crippen LogP contribution in [0.5, 0.6) is 0 Å². The van der Waals surface area contributed by atoms with Crippen LogP contribution >= 0.6 is 0 Å². The third-order valence-corrected chi connectivity index (χ3v) is 5.95. The van der Waals surface area contributed by atoms with E-state index in [1.165, 1.54) is 19.3 Å². The van der Waals surface area contributed by atoms with Gasteiger partial charge >= 0.3 is 0 Å². The van der Waals surface area contributed by atoms with Crippen LogP contribution in [0.1, 0.15) is 72.1 Å². The number of carbonyl (C=O) groups is 1. The molecule has 0 bridgehead atoms. The lowest BCUT2D eigenvalue weighted by molar-refractivity contribution is -0.136. The number of rotatable bonds is 3. The molecule has 0 atom stereocenters. The molecule has 3 nitrogen and oxygen atoms in total. The van der Waals surface area contributed by atoms with Crippen molar-refractivity contribution < 1.29 is 4.79 Å². The number of piperidine rings is 1. The fraction of sp³-hybridized carbons (Fsp3) is 0.944. The van der Waals surface area contributed by atoms with E-state index in [1.807, 2.05) is 0 Å². The summed E-state index contributed by atoms with van der Waals surface area (Å²) in [7, 11) is 0. The largest absolute Gasteiger partial charge is 0.343 e. The zero-order valence-corrected chi connectivity index (χ0v) is 14.3. The van der Waals surface area contributed by atoms with Crippen LogP contribution in [0.25, 0.3) is 0 Å². The van der Waals surface area contributed by atoms with Crippen molar-refractivity contribution >= 4 is 5.91 Å². The Hall–Kier alpha value is -0.570. The summed E-state index contributed by atoms with van der Waals surface area (Å²) in [4.78, 5) is 14.8. The van der Waals surface area contributed by atoms with E-state index in [1.54, 1.807) is 0 Å². The Bertz CT molecular complexity index is 345. The lowest BCUT2D eigenvalue weighted by Gasteiger charge is -2.41. The van der Waals surface area contributed by atoms with Crippen molar-refractivity contribution in [2.45, 2.75) is 72.1 Å². The summed E-state index contributed by atoms with van der Waals surface area (Å²) in [5.74, 6) is 1.11. The van der Waals surface area contributed by atoms with Crippen LogP contribution in [0.2, 0.25) is 0 Å². The van der Waals surface area contributed by atoms with Crippen molar-refractivity contribution in [3.63, 3.8) is 0 Å². The molecule has 21 heavy (non-hydrogen) atoms. The van der Waals surface area contributed by atoms with E-state index in [0.29, 0.717) is 24.3 Å². The normalized spacial score (nSPS) is 24.1. The Morgan fingerprint density at radius 3 is 2.19 bits per heavy atom. The second kappa shape index (κ2) is 6.68. The summed E-state index contributed by atoms with van der Waals surface area (Å²) in [6, 6.07) is 0. The number of nitrogens with zero attached hydrogens (tertiary/aromatic N) is 1. The molecule has 1 heterocycles. The highest BCUT2D eigenvalue weighted by atomic mass is 16.2. The van der Waals surface area contributed by atoms with E-state index in [4.69, 9.17) is 5.73 Å². The van der Waals surface area contributed by atoms with Crippen LogP contribution in [0.3, 0.4) is 0 Å². The predicted octanol–water partition coefficient (Wildman–Crippen LogP) is 3.57. The minimum absolute atomic E-state index is 0.107. The molecule has 2 N–H and O–H groups in total. The summed E-state index contributed by atoms with van der Waals surface area (Å²) in [5, 5.41) is 0. The summed E-state index contributed by atoms with van der Waals surface area (Å²) in [6.45, 7) is 9.53. The Balaban J connectivity index is 1.87. The maximum atomic E-state index is 12.7. The lowest BCUT2D eigenvalue weighted by Crippen LogP contribution is -2.45. The molecule has 1 saturated carbocycles. The van der Waals surface area contributed by atoms with E-state index in [-0.39, 0.29) is 5.41 Å². The van der Waals surface area contributed by atoms with Gasteiger partial charge in [0.25, 0.3) is 0 Å². The number of likely N-dealkylation sites (tertiary alicyclic amines) is 1. The molecule has 2 rings (SSSR count). The molecule has 0 aromatic heterocycles. The zero-order chi connectivity index (χ0) is 15.5. The van der Waals surface area contributed by atoms with E-state index in [9.17, 15) is 4.79 Å². The first-order chi connectivity index (χ1) is 9.86. The quantitative estimate of drug-likeness (QED) is 0.865. The van der Waals surface area contributed by atoms with Gasteiger partial charge in [-0.2, -0.15) is 0 Å². The van der Waals surface area contributed by atoms with Crippen molar-refractivity contribution in [2.75, 3.05) is 19.6 Å². The summed E-state index contributed by atoms with van der Waals surface area (Å²) in [5.41, 5.74) is 6.50. The smallest absolute Gasteiger partial charge is 0.223 e. The number of hydrogen-bond donors (Lipinski definition) is 1. The first kappa shape index (κ1) is 16.8. The average Bonchev–Trinajstić information content (AvgIpc) is 2.47. The van der Waals surface area contributed by atoms with Crippen LogP contribution < -0.4 is 5.73 Å². The van der Waals surface area contributed by atoms with E-state index in [2.05, 4.69) is 25.7 Å². The fourth-order valence-electron chi connectivity index (χ4n) is 4.18. The van der Waals surface area contributed by atoms with Crippen molar-refractivity contribution in [2.24, 2.45) is 22.5 Å². The van der Waals surface area contributed by atoms with Crippen molar-refractivity contribution in [1.29, 1.82) is 0 Å². The standard InChI is InChI=1S/C18H34N2O/c1-17(2,3)15-7-11-20(12-8-15)16(21)13-18(14-19)9-5-4-6-10-18/h15H,4-14,19H2,1-3H3. The summed E-state index contributed by atoms with van der Waals surface area (Å²) in [6.07, 6.45) is 9.10. The molecular weight excluding hydrogens is 260 g/mol. The van der Waals surface area contributed by atoms with Crippen LogP contribution in [-0.4, -0.2) is 30.4 Å². The predicted molar refractivity (Wildman–Crippen MR) is 87.9 cm³/mol. The van der Waals surface area contributed by atoms with Gasteiger partial charge in [-0.15, -0.1) is 0 Å². The van der Waals surface area contributed by atoms with Gasteiger partial charge in [-0.25, -0.2) is 0 Å². The first-order valence-electron chi connectivity index (χ1n) is 8.84. The Kier molecular flexibility index (Phi) is 5.34. The Morgan fingerprint density at radius 2 is 1.71 bits per heavy atom. The molecule has 0 spiro atoms. The topological polar surface area (TPSA) is 46.3 Å². The zero-order valence-electron chi connectivity index (χ0n) is 14.3. The van der Waals surface area contributed by atoms with Gasteiger partial charge < -0.3 is 10.6 Å². The second-order valence-corrected chi connectivity index (χ2v) is 8.46. The van der Waals surface area contributed by atoms with E-state index >= 15 is 0 Å². The van der Waals surface area contributed by atoms with Crippen molar-refractivity contribution in [3.05, 3.63) is 0 Å². The second-order valence-electron chi connectivity index (χ2n) is 8.46. The van der Waals surface area contributed by atoms with Gasteiger partial charge in [0.15, 0.2) is 0 Å². The van der Waals surface area contributed by atoms with Crippen LogP contribution in [0.15, 0.2) is 0 Å². The summed E-state index contributed by atoms with van der Waals surface area (Å²) >= 11 is 0. The molecule has 2 fully saturated rings. The minimum atomic E-state index is 0.107. The van der Waals surface area contributed by atoms with Gasteiger partial charge in [0, 0.05) is 19.5 Å². The highest BCUT2D eigenvalue weighted by molar-refractivity contribution is 5.77. The van der Waals surface area contributed by atoms with E-state index in [0.717, 1.165) is 44.7 Å². The number of hydrogen-bond acceptors (Lipinski definition) is 2. The summed E-state index contributed by atoms with van der Waals surface area (Å²) < 4.78 is 0. The van der Waals surface area contributed by atoms with Gasteiger partial charge in [0.1, 0.15) is 0 Å². The fourth-order valence-corrected chi connectivity index (χ4v) is 4.18. The lowest BCUT2D eigenvalue weighted by atomic mass is 9.71. The van der Waals surface area contributed by atoms with Gasteiger partial charge in [-0.3, -0.25) is 4.79 Å². The third-order valence-electron chi connectivity index (χ3n) is 5.95. The average molecular weight is 294 g/mol. The molecular formula is C18H34N2O. The molecule has 1 aliphatic heterocycles. The third kappa shape index (κ3) is 4.21. The molecule has 1 amide bonds. The first-order valence-corrected chi connectivity index (χ1v) is 8.84. The molecule has 0 aromatic rings. The van der Waals surface area contributed by atoms with Crippen LogP contribution in [0.4, 0.5) is 0 Å². The van der Waals surface area contributed by atoms with Gasteiger partial charge in [0.2, 0.25) is 5.91 Å². The SMILES string of the molecule is CC(C)(C)C1CCN(C(=O)CC2(CN)CCCCC2)CC1. The number of carbonyl (C=O) groups excluding carboxylic acids is 1. The van der Waals surface area contributed by atoms with Gasteiger partial charge in [-0.1, -0.05) is 40.0 Å². The molecule has 0 unspecified atom stereocenters. The van der Waals surface area contributed by atoms with Gasteiger partial charge in [0.05, 0.1) is 0 Å². The van der Waals surface area contributed by atoms with Crippen molar-refractivity contribution in [1.82, 2.24) is 4.90 Å². The highest BCUT2D eigenvalue weighted by Gasteiger charge is 2.36. The maximum absolute atomic E-state index is 12.7. The minimum Gasteiger partial charge on any atom is -0.343 e. The molecule has 1 aliphatic carbocycles. The van der Waals surface area contributed by atoms with E-state index < -0.39 is 0 Å². The molecule has 0 aromatic carbocycles. The molecule has 0 radical (unpaired) electrons. The molecule has 1 saturated heterocycles. The number of amides is 1. The Morgan fingerprint density at radius 1 is 1.14 bits per heavy atom.